The van der Waals surface area contributed by atoms with E-state index in [9.17, 15) is 0 Å². The summed E-state index contributed by atoms with van der Waals surface area (Å²) in [6.45, 7) is 2.14. The molecule has 220 valence electrons. The second-order valence-electron chi connectivity index (χ2n) is 12.5. The van der Waals surface area contributed by atoms with Gasteiger partial charge in [-0.1, -0.05) is 175 Å². The molecule has 0 amide bonds. The van der Waals surface area contributed by atoms with E-state index in [1.165, 1.54) is 93.2 Å². The van der Waals surface area contributed by atoms with E-state index in [2.05, 4.69) is 183 Å². The van der Waals surface area contributed by atoms with Gasteiger partial charge in [0.05, 0.1) is 0 Å². The van der Waals surface area contributed by atoms with E-state index in [4.69, 9.17) is 0 Å². The molecule has 0 atom stereocenters. The Morgan fingerprint density at radius 1 is 0.277 bits per heavy atom. The highest BCUT2D eigenvalue weighted by Crippen LogP contribution is 2.47. The standard InChI is InChI=1S/C47H32/c1-31-24-26-33(27-25-31)36-19-10-22-40-38(20-11-21-39(36)40)35-28-29-44-45(30-35)47(41-23-9-15-32-12-5-6-16-37(32)41)43-18-8-7-17-42(43)46(44)34-13-3-2-4-14-34/h2-30H,1H3. The fourth-order valence-electron chi connectivity index (χ4n) is 7.54. The largest absolute Gasteiger partial charge is 0.0622 e. The summed E-state index contributed by atoms with van der Waals surface area (Å²) in [5.41, 5.74) is 11.3. The first-order chi connectivity index (χ1) is 23.2. The van der Waals surface area contributed by atoms with Crippen LogP contribution in [-0.4, -0.2) is 0 Å². The molecule has 0 fully saturated rings. The van der Waals surface area contributed by atoms with E-state index in [0.29, 0.717) is 0 Å². The number of hydrogen-bond acceptors (Lipinski definition) is 0. The number of fused-ring (bicyclic) bond motifs is 4. The van der Waals surface area contributed by atoms with Gasteiger partial charge >= 0.3 is 0 Å². The minimum atomic E-state index is 1.22. The van der Waals surface area contributed by atoms with E-state index >= 15 is 0 Å². The Hall–Kier alpha value is -5.98. The van der Waals surface area contributed by atoms with Crippen LogP contribution in [0.15, 0.2) is 176 Å². The Morgan fingerprint density at radius 2 is 0.787 bits per heavy atom. The predicted octanol–water partition coefficient (Wildman–Crippen LogP) is 13.3. The van der Waals surface area contributed by atoms with E-state index in [1.807, 2.05) is 0 Å². The van der Waals surface area contributed by atoms with Gasteiger partial charge in [-0.2, -0.15) is 0 Å². The third-order valence-corrected chi connectivity index (χ3v) is 9.74. The Morgan fingerprint density at radius 3 is 1.53 bits per heavy atom. The Bertz CT molecular complexity index is 2600. The normalized spacial score (nSPS) is 11.5. The molecule has 47 heavy (non-hydrogen) atoms. The molecule has 0 aromatic heterocycles. The summed E-state index contributed by atoms with van der Waals surface area (Å²) in [6.07, 6.45) is 0. The van der Waals surface area contributed by atoms with Crippen LogP contribution >= 0.6 is 0 Å². The summed E-state index contributed by atoms with van der Waals surface area (Å²) in [5.74, 6) is 0. The zero-order valence-electron chi connectivity index (χ0n) is 26.2. The topological polar surface area (TPSA) is 0 Å². The summed E-state index contributed by atoms with van der Waals surface area (Å²) in [5, 5.41) is 10.1. The van der Waals surface area contributed by atoms with Crippen LogP contribution in [0, 0.1) is 6.92 Å². The van der Waals surface area contributed by atoms with Crippen LogP contribution in [0.4, 0.5) is 0 Å². The third-order valence-electron chi connectivity index (χ3n) is 9.74. The van der Waals surface area contributed by atoms with Crippen molar-refractivity contribution < 1.29 is 0 Å². The quantitative estimate of drug-likeness (QED) is 0.177. The fourth-order valence-corrected chi connectivity index (χ4v) is 7.54. The highest BCUT2D eigenvalue weighted by molar-refractivity contribution is 6.24. The predicted molar refractivity (Wildman–Crippen MR) is 203 cm³/mol. The minimum Gasteiger partial charge on any atom is -0.0622 e. The molecule has 0 bridgehead atoms. The van der Waals surface area contributed by atoms with Crippen molar-refractivity contribution in [2.24, 2.45) is 0 Å². The Labute approximate surface area is 275 Å². The molecule has 0 saturated carbocycles. The summed E-state index contributed by atoms with van der Waals surface area (Å²) in [6, 6.07) is 64.7. The average molecular weight is 597 g/mol. The van der Waals surface area contributed by atoms with Crippen LogP contribution in [0.1, 0.15) is 5.56 Å². The van der Waals surface area contributed by atoms with Gasteiger partial charge in [-0.15, -0.1) is 0 Å². The van der Waals surface area contributed by atoms with Crippen molar-refractivity contribution in [1.29, 1.82) is 0 Å². The Kier molecular flexibility index (Phi) is 6.47. The molecule has 0 nitrogen and oxygen atoms in total. The molecule has 9 rings (SSSR count). The number of rotatable bonds is 4. The van der Waals surface area contributed by atoms with Gasteiger partial charge in [0.2, 0.25) is 0 Å². The van der Waals surface area contributed by atoms with E-state index in [1.54, 1.807) is 0 Å². The number of aryl methyl sites for hydroxylation is 1. The lowest BCUT2D eigenvalue weighted by molar-refractivity contribution is 1.47. The second-order valence-corrected chi connectivity index (χ2v) is 12.5. The van der Waals surface area contributed by atoms with Crippen LogP contribution in [0.3, 0.4) is 0 Å². The highest BCUT2D eigenvalue weighted by Gasteiger charge is 2.19. The zero-order chi connectivity index (χ0) is 31.3. The van der Waals surface area contributed by atoms with Gasteiger partial charge in [-0.3, -0.25) is 0 Å². The maximum Gasteiger partial charge on any atom is -0.00199 e. The molecule has 0 N–H and O–H groups in total. The first-order valence-corrected chi connectivity index (χ1v) is 16.4. The van der Waals surface area contributed by atoms with Crippen molar-refractivity contribution in [2.45, 2.75) is 6.92 Å². The molecule has 9 aromatic rings. The molecule has 0 spiro atoms. The monoisotopic (exact) mass is 596 g/mol. The van der Waals surface area contributed by atoms with E-state index in [-0.39, 0.29) is 0 Å². The van der Waals surface area contributed by atoms with E-state index < -0.39 is 0 Å². The Balaban J connectivity index is 1.38. The molecule has 0 aliphatic rings. The van der Waals surface area contributed by atoms with Crippen LogP contribution in [0.25, 0.3) is 87.6 Å². The van der Waals surface area contributed by atoms with Crippen LogP contribution in [0.5, 0.6) is 0 Å². The third kappa shape index (κ3) is 4.53. The first kappa shape index (κ1) is 27.3. The number of hydrogen-bond donors (Lipinski definition) is 0. The molecular formula is C47H32. The minimum absolute atomic E-state index is 1.22. The summed E-state index contributed by atoms with van der Waals surface area (Å²) >= 11 is 0. The van der Waals surface area contributed by atoms with Gasteiger partial charge in [0.25, 0.3) is 0 Å². The molecule has 0 unspecified atom stereocenters. The average Bonchev–Trinajstić information content (AvgIpc) is 3.13. The molecule has 9 aromatic carbocycles. The van der Waals surface area contributed by atoms with Crippen molar-refractivity contribution in [2.75, 3.05) is 0 Å². The lowest BCUT2D eigenvalue weighted by Crippen LogP contribution is -1.93. The van der Waals surface area contributed by atoms with Gasteiger partial charge < -0.3 is 0 Å². The molecule has 0 heteroatoms. The maximum atomic E-state index is 2.44. The van der Waals surface area contributed by atoms with Crippen molar-refractivity contribution >= 4 is 43.1 Å². The fraction of sp³-hybridized carbons (Fsp3) is 0.0213. The van der Waals surface area contributed by atoms with Crippen LogP contribution < -0.4 is 0 Å². The van der Waals surface area contributed by atoms with Crippen molar-refractivity contribution in [3.63, 3.8) is 0 Å². The van der Waals surface area contributed by atoms with Gasteiger partial charge in [0.15, 0.2) is 0 Å². The number of benzene rings is 9. The summed E-state index contributed by atoms with van der Waals surface area (Å²) in [7, 11) is 0. The van der Waals surface area contributed by atoms with Crippen LogP contribution in [0.2, 0.25) is 0 Å². The molecule has 0 aliphatic carbocycles. The lowest BCUT2D eigenvalue weighted by Gasteiger charge is -2.20. The lowest BCUT2D eigenvalue weighted by atomic mass is 9.83. The van der Waals surface area contributed by atoms with Crippen molar-refractivity contribution in [1.82, 2.24) is 0 Å². The van der Waals surface area contributed by atoms with Gasteiger partial charge in [0.1, 0.15) is 0 Å². The van der Waals surface area contributed by atoms with Crippen molar-refractivity contribution in [3.8, 4) is 44.5 Å². The maximum absolute atomic E-state index is 2.44. The van der Waals surface area contributed by atoms with Gasteiger partial charge in [-0.05, 0) is 101 Å². The smallest absolute Gasteiger partial charge is 0.00199 e. The van der Waals surface area contributed by atoms with Crippen molar-refractivity contribution in [3.05, 3.63) is 181 Å². The molecular weight excluding hydrogens is 565 g/mol. The van der Waals surface area contributed by atoms with Crippen LogP contribution in [-0.2, 0) is 0 Å². The molecule has 0 radical (unpaired) electrons. The second kappa shape index (κ2) is 11.1. The SMILES string of the molecule is Cc1ccc(-c2cccc3c(-c4ccc5c(-c6ccccc6)c6ccccc6c(-c6cccc7ccccc67)c5c4)cccc23)cc1. The molecule has 0 aliphatic heterocycles. The summed E-state index contributed by atoms with van der Waals surface area (Å²) < 4.78 is 0. The van der Waals surface area contributed by atoms with E-state index in [0.717, 1.165) is 0 Å². The van der Waals surface area contributed by atoms with Gasteiger partial charge in [-0.25, -0.2) is 0 Å². The summed E-state index contributed by atoms with van der Waals surface area (Å²) in [4.78, 5) is 0. The highest BCUT2D eigenvalue weighted by atomic mass is 14.2. The zero-order valence-corrected chi connectivity index (χ0v) is 26.2. The first-order valence-electron chi connectivity index (χ1n) is 16.4. The van der Waals surface area contributed by atoms with Gasteiger partial charge in [0, 0.05) is 0 Å². The molecule has 0 heterocycles. The molecule has 0 saturated heterocycles.